The molecule has 1 atom stereocenters. The molecule has 7 nitrogen and oxygen atoms in total. The van der Waals surface area contributed by atoms with Crippen molar-refractivity contribution in [2.24, 2.45) is 0 Å². The molecule has 0 radical (unpaired) electrons. The maximum atomic E-state index is 12.9. The zero-order valence-electron chi connectivity index (χ0n) is 17.5. The Labute approximate surface area is 196 Å². The normalized spacial score (nSPS) is 12.7. The van der Waals surface area contributed by atoms with Crippen LogP contribution in [0, 0.1) is 6.92 Å². The van der Waals surface area contributed by atoms with Crippen molar-refractivity contribution in [1.29, 1.82) is 0 Å². The van der Waals surface area contributed by atoms with Crippen LogP contribution in [0.2, 0.25) is 0 Å². The molecule has 0 spiro atoms. The molecule has 0 aliphatic carbocycles. The van der Waals surface area contributed by atoms with Crippen LogP contribution in [0.4, 0.5) is 13.2 Å². The molecule has 12 heteroatoms. The summed E-state index contributed by atoms with van der Waals surface area (Å²) in [5, 5.41) is 2.42. The van der Waals surface area contributed by atoms with Crippen molar-refractivity contribution < 1.29 is 36.0 Å². The number of alkyl halides is 3. The third kappa shape index (κ3) is 7.67. The molecule has 2 rings (SSSR count). The molecule has 178 valence electrons. The van der Waals surface area contributed by atoms with Gasteiger partial charge in [-0.05, 0) is 49.7 Å². The molecule has 33 heavy (non-hydrogen) atoms. The van der Waals surface area contributed by atoms with Gasteiger partial charge in [0.2, 0.25) is 11.8 Å². The molecule has 0 fully saturated rings. The number of halogens is 4. The number of hydrogen-bond donors (Lipinski definition) is 2. The number of carbonyl (C=O) groups excluding carboxylic acids is 3. The van der Waals surface area contributed by atoms with E-state index < -0.39 is 57.4 Å². The van der Waals surface area contributed by atoms with Gasteiger partial charge in [0, 0.05) is 22.9 Å². The van der Waals surface area contributed by atoms with Crippen LogP contribution in [-0.4, -0.2) is 32.1 Å². The highest BCUT2D eigenvalue weighted by Crippen LogP contribution is 2.31. The summed E-state index contributed by atoms with van der Waals surface area (Å²) in [4.78, 5) is 35.7. The first-order valence-electron chi connectivity index (χ1n) is 9.53. The van der Waals surface area contributed by atoms with E-state index in [1.165, 1.54) is 13.8 Å². The van der Waals surface area contributed by atoms with Gasteiger partial charge in [-0.15, -0.1) is 0 Å². The third-order valence-electron chi connectivity index (χ3n) is 4.42. The molecule has 2 aromatic rings. The van der Waals surface area contributed by atoms with E-state index in [4.69, 9.17) is 0 Å². The van der Waals surface area contributed by atoms with Crippen LogP contribution in [0.25, 0.3) is 0 Å². The topological polar surface area (TPSA) is 109 Å². The number of benzene rings is 2. The molecule has 0 aromatic heterocycles. The lowest BCUT2D eigenvalue weighted by Crippen LogP contribution is -2.39. The summed E-state index contributed by atoms with van der Waals surface area (Å²) < 4.78 is 65.9. The first-order chi connectivity index (χ1) is 15.2. The zero-order chi connectivity index (χ0) is 25.0. The molecular weight excluding hydrogens is 529 g/mol. The lowest BCUT2D eigenvalue weighted by Gasteiger charge is -2.14. The number of rotatable bonds is 8. The van der Waals surface area contributed by atoms with Crippen LogP contribution in [0.3, 0.4) is 0 Å². The highest BCUT2D eigenvalue weighted by atomic mass is 79.9. The van der Waals surface area contributed by atoms with Crippen molar-refractivity contribution in [2.45, 2.75) is 43.8 Å². The number of amides is 2. The highest BCUT2D eigenvalue weighted by Gasteiger charge is 2.32. The molecule has 0 aliphatic heterocycles. The Bertz CT molecular complexity index is 1170. The summed E-state index contributed by atoms with van der Waals surface area (Å²) in [7, 11) is -4.58. The molecular formula is C21H20BrF3N2O5S. The Morgan fingerprint density at radius 1 is 1.00 bits per heavy atom. The SMILES string of the molecule is Cc1cc(C(F)(F)F)cc(S(=O)(=O)NC(=O)CCC(=O)NC(C)C(=O)c2ccc(Br)cc2)c1. The molecule has 0 heterocycles. The van der Waals surface area contributed by atoms with Crippen molar-refractivity contribution in [3.8, 4) is 0 Å². The quantitative estimate of drug-likeness (QED) is 0.488. The van der Waals surface area contributed by atoms with Crippen LogP contribution in [0.15, 0.2) is 51.8 Å². The van der Waals surface area contributed by atoms with Gasteiger partial charge in [-0.3, -0.25) is 14.4 Å². The van der Waals surface area contributed by atoms with Crippen LogP contribution in [0.5, 0.6) is 0 Å². The zero-order valence-corrected chi connectivity index (χ0v) is 19.9. The van der Waals surface area contributed by atoms with Crippen LogP contribution < -0.4 is 10.0 Å². The minimum absolute atomic E-state index is 0.0430. The molecule has 1 unspecified atom stereocenters. The minimum atomic E-state index is -4.76. The summed E-state index contributed by atoms with van der Waals surface area (Å²) in [6, 6.07) is 7.78. The summed E-state index contributed by atoms with van der Waals surface area (Å²) in [6.07, 6.45) is -5.74. The van der Waals surface area contributed by atoms with E-state index in [0.717, 1.165) is 16.6 Å². The largest absolute Gasteiger partial charge is 0.416 e. The molecule has 0 bridgehead atoms. The Balaban J connectivity index is 1.95. The number of sulfonamides is 1. The van der Waals surface area contributed by atoms with E-state index in [0.29, 0.717) is 11.6 Å². The van der Waals surface area contributed by atoms with Gasteiger partial charge in [-0.25, -0.2) is 13.1 Å². The van der Waals surface area contributed by atoms with Gasteiger partial charge in [-0.1, -0.05) is 28.1 Å². The lowest BCUT2D eigenvalue weighted by atomic mass is 10.1. The van der Waals surface area contributed by atoms with Gasteiger partial charge >= 0.3 is 6.18 Å². The van der Waals surface area contributed by atoms with Crippen LogP contribution in [-0.2, 0) is 25.8 Å². The first kappa shape index (κ1) is 26.5. The summed E-state index contributed by atoms with van der Waals surface area (Å²) in [6.45, 7) is 2.75. The number of aryl methyl sites for hydroxylation is 1. The molecule has 2 N–H and O–H groups in total. The van der Waals surface area contributed by atoms with Gasteiger partial charge in [0.1, 0.15) is 0 Å². The minimum Gasteiger partial charge on any atom is -0.346 e. The fourth-order valence-electron chi connectivity index (χ4n) is 2.80. The van der Waals surface area contributed by atoms with Crippen LogP contribution in [0.1, 0.15) is 41.3 Å². The van der Waals surface area contributed by atoms with Gasteiger partial charge in [0.05, 0.1) is 16.5 Å². The fraction of sp³-hybridized carbons (Fsp3) is 0.286. The lowest BCUT2D eigenvalue weighted by molar-refractivity contribution is -0.137. The predicted octanol–water partition coefficient (Wildman–Crippen LogP) is 3.75. The smallest absolute Gasteiger partial charge is 0.346 e. The first-order valence-corrected chi connectivity index (χ1v) is 11.8. The van der Waals surface area contributed by atoms with E-state index in [9.17, 15) is 36.0 Å². The Morgan fingerprint density at radius 3 is 2.15 bits per heavy atom. The van der Waals surface area contributed by atoms with Gasteiger partial charge in [0.15, 0.2) is 5.78 Å². The fourth-order valence-corrected chi connectivity index (χ4v) is 4.20. The monoisotopic (exact) mass is 548 g/mol. The Kier molecular flexibility index (Phi) is 8.41. The maximum Gasteiger partial charge on any atom is 0.416 e. The van der Waals surface area contributed by atoms with E-state index in [1.807, 2.05) is 0 Å². The third-order valence-corrected chi connectivity index (χ3v) is 6.30. The molecule has 0 saturated carbocycles. The Hall–Kier alpha value is -2.73. The maximum absolute atomic E-state index is 12.9. The van der Waals surface area contributed by atoms with E-state index in [-0.39, 0.29) is 11.3 Å². The van der Waals surface area contributed by atoms with E-state index >= 15 is 0 Å². The summed E-state index contributed by atoms with van der Waals surface area (Å²) in [5.41, 5.74) is -0.758. The summed E-state index contributed by atoms with van der Waals surface area (Å²) >= 11 is 3.25. The van der Waals surface area contributed by atoms with Crippen molar-refractivity contribution in [2.75, 3.05) is 0 Å². The summed E-state index contributed by atoms with van der Waals surface area (Å²) in [5.74, 6) is -2.11. The van der Waals surface area contributed by atoms with Gasteiger partial charge in [-0.2, -0.15) is 13.2 Å². The Morgan fingerprint density at radius 2 is 1.58 bits per heavy atom. The molecule has 0 saturated heterocycles. The number of hydrogen-bond acceptors (Lipinski definition) is 5. The second kappa shape index (κ2) is 10.5. The average molecular weight is 549 g/mol. The second-order valence-electron chi connectivity index (χ2n) is 7.22. The van der Waals surface area contributed by atoms with Crippen molar-refractivity contribution in [1.82, 2.24) is 10.0 Å². The molecule has 2 aromatic carbocycles. The standard InChI is InChI=1S/C21H20BrF3N2O5S/c1-12-9-15(21(23,24)25)11-17(10-12)33(31,32)27-19(29)8-7-18(28)26-13(2)20(30)14-3-5-16(22)6-4-14/h3-6,9-11,13H,7-8H2,1-2H3,(H,26,28)(H,27,29). The number of nitrogens with one attached hydrogen (secondary N) is 2. The highest BCUT2D eigenvalue weighted by molar-refractivity contribution is 9.10. The van der Waals surface area contributed by atoms with E-state index in [2.05, 4.69) is 21.2 Å². The van der Waals surface area contributed by atoms with Gasteiger partial charge in [0.25, 0.3) is 10.0 Å². The predicted molar refractivity (Wildman–Crippen MR) is 117 cm³/mol. The molecule has 0 aliphatic rings. The van der Waals surface area contributed by atoms with Crippen molar-refractivity contribution >= 4 is 43.6 Å². The number of carbonyl (C=O) groups is 3. The second-order valence-corrected chi connectivity index (χ2v) is 9.82. The number of Topliss-reactive ketones (excluding diaryl/α,β-unsaturated/α-hetero) is 1. The van der Waals surface area contributed by atoms with Crippen molar-refractivity contribution in [3.05, 3.63) is 63.6 Å². The van der Waals surface area contributed by atoms with Crippen LogP contribution >= 0.6 is 15.9 Å². The van der Waals surface area contributed by atoms with Gasteiger partial charge < -0.3 is 5.32 Å². The average Bonchev–Trinajstić information content (AvgIpc) is 2.71. The van der Waals surface area contributed by atoms with Crippen molar-refractivity contribution in [3.63, 3.8) is 0 Å². The van der Waals surface area contributed by atoms with E-state index in [1.54, 1.807) is 29.0 Å². The number of ketones is 1. The molecule has 2 amide bonds.